The summed E-state index contributed by atoms with van der Waals surface area (Å²) in [6.07, 6.45) is 1.02. The Balaban J connectivity index is 2.03. The van der Waals surface area contributed by atoms with Crippen molar-refractivity contribution >= 4 is 37.6 Å². The summed E-state index contributed by atoms with van der Waals surface area (Å²) in [7, 11) is 0. The van der Waals surface area contributed by atoms with E-state index in [2.05, 4.69) is 25.5 Å². The number of nitrogens with zero attached hydrogens (tertiary/aromatic N) is 2. The van der Waals surface area contributed by atoms with E-state index in [4.69, 9.17) is 0 Å². The second kappa shape index (κ2) is 5.91. The number of hydrogen-bond acceptors (Lipinski definition) is 4. The van der Waals surface area contributed by atoms with Crippen molar-refractivity contribution in [3.05, 3.63) is 18.2 Å². The van der Waals surface area contributed by atoms with Crippen molar-refractivity contribution in [3.63, 3.8) is 0 Å². The Morgan fingerprint density at radius 1 is 1.41 bits per heavy atom. The molecule has 5 nitrogen and oxygen atoms in total. The number of benzene rings is 1. The van der Waals surface area contributed by atoms with Gasteiger partial charge in [0.15, 0.2) is 0 Å². The van der Waals surface area contributed by atoms with Gasteiger partial charge >= 0.3 is 106 Å². The molecule has 1 aromatic carbocycles. The minimum atomic E-state index is -0.0658. The zero-order valence-corrected chi connectivity index (χ0v) is 11.3. The van der Waals surface area contributed by atoms with Crippen molar-refractivity contribution in [1.82, 2.24) is 13.3 Å². The van der Waals surface area contributed by atoms with Crippen LogP contribution in [0.15, 0.2) is 18.2 Å². The molecule has 2 aromatic rings. The molecule has 2 N–H and O–H groups in total. The summed E-state index contributed by atoms with van der Waals surface area (Å²) in [6.45, 7) is 3.25. The molecule has 0 spiro atoms. The first-order valence-corrected chi connectivity index (χ1v) is 7.06. The molecule has 2 rings (SSSR count). The first-order chi connectivity index (χ1) is 8.31. The fraction of sp³-hybridized carbons (Fsp3) is 0.364. The van der Waals surface area contributed by atoms with E-state index in [1.54, 1.807) is 0 Å². The zero-order valence-electron chi connectivity index (χ0n) is 9.56. The summed E-state index contributed by atoms with van der Waals surface area (Å²) in [4.78, 5) is 11.6. The van der Waals surface area contributed by atoms with Gasteiger partial charge in [0.05, 0.1) is 0 Å². The predicted octanol–water partition coefficient (Wildman–Crippen LogP) is 0.625. The van der Waals surface area contributed by atoms with Gasteiger partial charge in [0, 0.05) is 0 Å². The number of aromatic nitrogens is 2. The molecule has 0 unspecified atom stereocenters. The molecule has 0 atom stereocenters. The molecular formula is C11H14N4OSe. The van der Waals surface area contributed by atoms with E-state index in [9.17, 15) is 4.79 Å². The molecule has 6 heteroatoms. The molecule has 0 aliphatic rings. The van der Waals surface area contributed by atoms with Gasteiger partial charge in [-0.2, -0.15) is 0 Å². The van der Waals surface area contributed by atoms with Crippen molar-refractivity contribution < 1.29 is 4.79 Å². The normalized spacial score (nSPS) is 10.6. The molecule has 17 heavy (non-hydrogen) atoms. The summed E-state index contributed by atoms with van der Waals surface area (Å²) in [5, 5.41) is 5.92. The SMILES string of the molecule is CCCNCC(=O)Nc1cccc2n[se]nc12. The maximum atomic E-state index is 11.6. The van der Waals surface area contributed by atoms with Crippen LogP contribution in [0.4, 0.5) is 5.69 Å². The van der Waals surface area contributed by atoms with Gasteiger partial charge < -0.3 is 0 Å². The van der Waals surface area contributed by atoms with Crippen LogP contribution in [-0.2, 0) is 4.79 Å². The van der Waals surface area contributed by atoms with Gasteiger partial charge in [0.2, 0.25) is 0 Å². The fourth-order valence-corrected chi connectivity index (χ4v) is 2.63. The third-order valence-electron chi connectivity index (χ3n) is 2.27. The molecular weight excluding hydrogens is 283 g/mol. The molecule has 0 saturated heterocycles. The molecule has 1 amide bonds. The fourth-order valence-electron chi connectivity index (χ4n) is 1.48. The molecule has 90 valence electrons. The van der Waals surface area contributed by atoms with Gasteiger partial charge in [-0.3, -0.25) is 0 Å². The molecule has 0 radical (unpaired) electrons. The van der Waals surface area contributed by atoms with Crippen LogP contribution in [0.25, 0.3) is 11.0 Å². The third-order valence-corrected chi connectivity index (χ3v) is 3.41. The number of rotatable bonds is 5. The first kappa shape index (κ1) is 12.2. The Morgan fingerprint density at radius 2 is 2.29 bits per heavy atom. The Morgan fingerprint density at radius 3 is 3.12 bits per heavy atom. The van der Waals surface area contributed by atoms with Crippen molar-refractivity contribution in [2.45, 2.75) is 13.3 Å². The Labute approximate surface area is 106 Å². The number of nitrogens with one attached hydrogen (secondary N) is 2. The van der Waals surface area contributed by atoms with Crippen molar-refractivity contribution in [3.8, 4) is 0 Å². The van der Waals surface area contributed by atoms with Gasteiger partial charge in [0.1, 0.15) is 0 Å². The molecule has 0 bridgehead atoms. The number of carbonyl (C=O) groups is 1. The quantitative estimate of drug-likeness (QED) is 0.627. The van der Waals surface area contributed by atoms with Gasteiger partial charge in [-0.15, -0.1) is 0 Å². The number of carbonyl (C=O) groups excluding carboxylic acids is 1. The first-order valence-electron chi connectivity index (χ1n) is 5.53. The Bertz CT molecular complexity index is 511. The summed E-state index contributed by atoms with van der Waals surface area (Å²) >= 11 is -0.0658. The average molecular weight is 297 g/mol. The van der Waals surface area contributed by atoms with Crippen LogP contribution in [0, 0.1) is 0 Å². The van der Waals surface area contributed by atoms with Crippen LogP contribution in [0.2, 0.25) is 0 Å². The molecule has 1 aromatic heterocycles. The predicted molar refractivity (Wildman–Crippen MR) is 68.3 cm³/mol. The minimum absolute atomic E-state index is 0.0403. The number of hydrogen-bond donors (Lipinski definition) is 2. The second-order valence-electron chi connectivity index (χ2n) is 3.66. The molecule has 0 aliphatic carbocycles. The van der Waals surface area contributed by atoms with Crippen molar-refractivity contribution in [1.29, 1.82) is 0 Å². The number of fused-ring (bicyclic) bond motifs is 1. The third kappa shape index (κ3) is 3.12. The monoisotopic (exact) mass is 298 g/mol. The van der Waals surface area contributed by atoms with Crippen molar-refractivity contribution in [2.75, 3.05) is 18.4 Å². The zero-order chi connectivity index (χ0) is 12.1. The Hall–Kier alpha value is -1.23. The van der Waals surface area contributed by atoms with Crippen LogP contribution in [0.1, 0.15) is 13.3 Å². The van der Waals surface area contributed by atoms with Gasteiger partial charge in [-0.25, -0.2) is 0 Å². The number of amides is 1. The van der Waals surface area contributed by atoms with E-state index in [0.29, 0.717) is 6.54 Å². The summed E-state index contributed by atoms with van der Waals surface area (Å²) in [6, 6.07) is 5.66. The van der Waals surface area contributed by atoms with Crippen LogP contribution in [0.3, 0.4) is 0 Å². The average Bonchev–Trinajstić information content (AvgIpc) is 2.78. The van der Waals surface area contributed by atoms with Crippen LogP contribution in [-0.4, -0.2) is 41.9 Å². The van der Waals surface area contributed by atoms with Gasteiger partial charge in [-0.05, 0) is 0 Å². The molecule has 1 heterocycles. The molecule has 0 saturated carbocycles. The van der Waals surface area contributed by atoms with E-state index in [1.165, 1.54) is 0 Å². The van der Waals surface area contributed by atoms with Crippen LogP contribution >= 0.6 is 0 Å². The second-order valence-corrected chi connectivity index (χ2v) is 4.77. The summed E-state index contributed by atoms with van der Waals surface area (Å²) in [5.74, 6) is -0.0403. The van der Waals surface area contributed by atoms with Gasteiger partial charge in [-0.1, -0.05) is 0 Å². The van der Waals surface area contributed by atoms with E-state index >= 15 is 0 Å². The van der Waals surface area contributed by atoms with E-state index in [1.807, 2.05) is 18.2 Å². The molecule has 0 fully saturated rings. The van der Waals surface area contributed by atoms with Crippen LogP contribution < -0.4 is 10.6 Å². The van der Waals surface area contributed by atoms with E-state index in [0.717, 1.165) is 29.7 Å². The van der Waals surface area contributed by atoms with E-state index < -0.39 is 0 Å². The van der Waals surface area contributed by atoms with Gasteiger partial charge in [0.25, 0.3) is 0 Å². The number of anilines is 1. The summed E-state index contributed by atoms with van der Waals surface area (Å²) < 4.78 is 8.58. The van der Waals surface area contributed by atoms with E-state index in [-0.39, 0.29) is 20.9 Å². The maximum absolute atomic E-state index is 11.6. The van der Waals surface area contributed by atoms with Crippen LogP contribution in [0.5, 0.6) is 0 Å². The van der Waals surface area contributed by atoms with Crippen molar-refractivity contribution in [2.24, 2.45) is 0 Å². The standard InChI is InChI=1S/C11H14N4OSe/c1-2-6-12-7-10(16)13-8-4-3-5-9-11(8)15-17-14-9/h3-5,12H,2,6-7H2,1H3,(H,13,16). The molecule has 0 aliphatic heterocycles. The summed E-state index contributed by atoms with van der Waals surface area (Å²) in [5.41, 5.74) is 2.45. The Kier molecular flexibility index (Phi) is 4.25. The topological polar surface area (TPSA) is 66.9 Å².